The maximum Gasteiger partial charge on any atom is 0.170 e. The minimum absolute atomic E-state index is 0.0512. The van der Waals surface area contributed by atoms with Crippen LogP contribution in [0.3, 0.4) is 0 Å². The van der Waals surface area contributed by atoms with Crippen LogP contribution >= 0.6 is 0 Å². The largest absolute Gasteiger partial charge is 0.398 e. The van der Waals surface area contributed by atoms with Crippen molar-refractivity contribution in [1.82, 2.24) is 9.55 Å². The van der Waals surface area contributed by atoms with Crippen LogP contribution in [0.25, 0.3) is 0 Å². The van der Waals surface area contributed by atoms with E-state index in [-0.39, 0.29) is 5.78 Å². The lowest BCUT2D eigenvalue weighted by atomic mass is 10.0. The first kappa shape index (κ1) is 13.3. The molecule has 0 radical (unpaired) electrons. The summed E-state index contributed by atoms with van der Waals surface area (Å²) in [6.07, 6.45) is 4.99. The Bertz CT molecular complexity index is 587. The van der Waals surface area contributed by atoms with Gasteiger partial charge in [-0.15, -0.1) is 0 Å². The summed E-state index contributed by atoms with van der Waals surface area (Å²) in [4.78, 5) is 16.5. The molecular weight excluding hydrogens is 238 g/mol. The molecule has 0 aliphatic carbocycles. The van der Waals surface area contributed by atoms with E-state index in [1.54, 1.807) is 12.3 Å². The molecule has 0 saturated heterocycles. The van der Waals surface area contributed by atoms with Crippen molar-refractivity contribution in [2.24, 2.45) is 0 Å². The molecule has 0 unspecified atom stereocenters. The zero-order valence-electron chi connectivity index (χ0n) is 11.4. The van der Waals surface area contributed by atoms with Crippen LogP contribution in [0.15, 0.2) is 30.6 Å². The van der Waals surface area contributed by atoms with Gasteiger partial charge in [0.15, 0.2) is 5.78 Å². The Balaban J connectivity index is 2.16. The van der Waals surface area contributed by atoms with Crippen LogP contribution in [0.2, 0.25) is 0 Å². The highest BCUT2D eigenvalue weighted by atomic mass is 16.1. The summed E-state index contributed by atoms with van der Waals surface area (Å²) < 4.78 is 2.02. The molecule has 0 bridgehead atoms. The lowest BCUT2D eigenvalue weighted by molar-refractivity contribution is 0.0989. The minimum atomic E-state index is 0.0512. The number of aromatic nitrogens is 2. The van der Waals surface area contributed by atoms with Crippen LogP contribution in [-0.4, -0.2) is 15.3 Å². The van der Waals surface area contributed by atoms with Gasteiger partial charge >= 0.3 is 0 Å². The van der Waals surface area contributed by atoms with Crippen LogP contribution < -0.4 is 5.73 Å². The molecule has 0 atom stereocenters. The van der Waals surface area contributed by atoms with Crippen molar-refractivity contribution in [2.75, 3.05) is 5.73 Å². The third-order valence-corrected chi connectivity index (χ3v) is 3.19. The minimum Gasteiger partial charge on any atom is -0.398 e. The number of rotatable bonds is 5. The van der Waals surface area contributed by atoms with Crippen molar-refractivity contribution in [1.29, 1.82) is 0 Å². The second-order valence-corrected chi connectivity index (χ2v) is 4.71. The summed E-state index contributed by atoms with van der Waals surface area (Å²) in [5, 5.41) is 0. The van der Waals surface area contributed by atoms with Crippen molar-refractivity contribution in [3.05, 3.63) is 47.5 Å². The number of aryl methyl sites for hydroxylation is 2. The van der Waals surface area contributed by atoms with Gasteiger partial charge in [-0.3, -0.25) is 4.79 Å². The molecule has 0 aliphatic heterocycles. The molecule has 1 aromatic heterocycles. The van der Waals surface area contributed by atoms with Gasteiger partial charge in [0.2, 0.25) is 0 Å². The van der Waals surface area contributed by atoms with E-state index in [9.17, 15) is 4.79 Å². The third-order valence-electron chi connectivity index (χ3n) is 3.19. The van der Waals surface area contributed by atoms with Crippen LogP contribution in [0, 0.1) is 6.92 Å². The molecule has 2 N–H and O–H groups in total. The summed E-state index contributed by atoms with van der Waals surface area (Å²) in [6.45, 7) is 4.92. The highest BCUT2D eigenvalue weighted by molar-refractivity contribution is 5.98. The van der Waals surface area contributed by atoms with E-state index in [1.807, 2.05) is 29.8 Å². The number of anilines is 1. The normalized spacial score (nSPS) is 10.6. The number of Topliss-reactive ketones (excluding diaryl/α,β-unsaturated/α-hetero) is 1. The fourth-order valence-electron chi connectivity index (χ4n) is 2.01. The number of imidazole rings is 1. The van der Waals surface area contributed by atoms with E-state index in [2.05, 4.69) is 11.9 Å². The molecule has 0 spiro atoms. The fraction of sp³-hybridized carbons (Fsp3) is 0.333. The number of ketones is 1. The maximum absolute atomic E-state index is 12.2. The second kappa shape index (κ2) is 5.69. The average molecular weight is 257 g/mol. The Morgan fingerprint density at radius 2 is 2.21 bits per heavy atom. The summed E-state index contributed by atoms with van der Waals surface area (Å²) in [5.74, 6) is 0.862. The molecule has 2 aromatic rings. The van der Waals surface area contributed by atoms with Crippen LogP contribution in [0.5, 0.6) is 0 Å². The Labute approximate surface area is 113 Å². The first-order valence-electron chi connectivity index (χ1n) is 6.51. The molecule has 1 aromatic carbocycles. The molecule has 100 valence electrons. The van der Waals surface area contributed by atoms with Crippen LogP contribution in [0.1, 0.15) is 35.1 Å². The van der Waals surface area contributed by atoms with E-state index in [4.69, 9.17) is 5.73 Å². The maximum atomic E-state index is 12.2. The van der Waals surface area contributed by atoms with E-state index < -0.39 is 0 Å². The molecule has 4 heteroatoms. The van der Waals surface area contributed by atoms with Gasteiger partial charge in [0, 0.05) is 30.2 Å². The quantitative estimate of drug-likeness (QED) is 0.661. The van der Waals surface area contributed by atoms with Gasteiger partial charge in [-0.2, -0.15) is 0 Å². The van der Waals surface area contributed by atoms with Gasteiger partial charge in [-0.05, 0) is 25.0 Å². The molecule has 1 heterocycles. The molecule has 2 rings (SSSR count). The van der Waals surface area contributed by atoms with Crippen molar-refractivity contribution in [2.45, 2.75) is 33.2 Å². The van der Waals surface area contributed by atoms with Crippen LogP contribution in [-0.2, 0) is 13.0 Å². The summed E-state index contributed by atoms with van der Waals surface area (Å²) in [6, 6.07) is 5.44. The average Bonchev–Trinajstić information content (AvgIpc) is 2.80. The number of nitrogens with two attached hydrogens (primary N) is 1. The van der Waals surface area contributed by atoms with E-state index in [1.165, 1.54) is 0 Å². The van der Waals surface area contributed by atoms with Crippen molar-refractivity contribution in [3.63, 3.8) is 0 Å². The lowest BCUT2D eigenvalue weighted by Crippen LogP contribution is -2.10. The molecule has 0 amide bonds. The monoisotopic (exact) mass is 257 g/mol. The smallest absolute Gasteiger partial charge is 0.170 e. The molecule has 19 heavy (non-hydrogen) atoms. The van der Waals surface area contributed by atoms with Crippen molar-refractivity contribution < 1.29 is 4.79 Å². The van der Waals surface area contributed by atoms with Crippen LogP contribution in [0.4, 0.5) is 5.69 Å². The van der Waals surface area contributed by atoms with Crippen molar-refractivity contribution >= 4 is 11.5 Å². The first-order chi connectivity index (χ1) is 9.11. The Morgan fingerprint density at radius 3 is 2.89 bits per heavy atom. The molecular formula is C15H19N3O. The highest BCUT2D eigenvalue weighted by Crippen LogP contribution is 2.15. The first-order valence-corrected chi connectivity index (χ1v) is 6.51. The standard InChI is InChI=1S/C15H19N3O/c1-3-7-18-8-6-17-15(18)10-14(19)12-5-4-11(2)13(16)9-12/h4-6,8-9H,3,7,10,16H2,1-2H3. The van der Waals surface area contributed by atoms with Gasteiger partial charge in [0.25, 0.3) is 0 Å². The highest BCUT2D eigenvalue weighted by Gasteiger charge is 2.11. The number of carbonyl (C=O) groups is 1. The van der Waals surface area contributed by atoms with E-state index in [0.29, 0.717) is 17.7 Å². The molecule has 0 saturated carbocycles. The summed E-state index contributed by atoms with van der Waals surface area (Å²) in [7, 11) is 0. The SMILES string of the molecule is CCCn1ccnc1CC(=O)c1ccc(C)c(N)c1. The third kappa shape index (κ3) is 3.02. The zero-order valence-corrected chi connectivity index (χ0v) is 11.4. The van der Waals surface area contributed by atoms with E-state index >= 15 is 0 Å². The van der Waals surface area contributed by atoms with Gasteiger partial charge < -0.3 is 10.3 Å². The molecule has 4 nitrogen and oxygen atoms in total. The number of nitrogens with zero attached hydrogens (tertiary/aromatic N) is 2. The van der Waals surface area contributed by atoms with Gasteiger partial charge in [0.1, 0.15) is 5.82 Å². The van der Waals surface area contributed by atoms with E-state index in [0.717, 1.165) is 24.4 Å². The summed E-state index contributed by atoms with van der Waals surface area (Å²) in [5.41, 5.74) is 8.13. The lowest BCUT2D eigenvalue weighted by Gasteiger charge is -2.07. The number of hydrogen-bond donors (Lipinski definition) is 1. The number of benzene rings is 1. The predicted molar refractivity (Wildman–Crippen MR) is 76.1 cm³/mol. The second-order valence-electron chi connectivity index (χ2n) is 4.71. The van der Waals surface area contributed by atoms with Crippen molar-refractivity contribution in [3.8, 4) is 0 Å². The Morgan fingerprint density at radius 1 is 1.42 bits per heavy atom. The zero-order chi connectivity index (χ0) is 13.8. The van der Waals surface area contributed by atoms with Gasteiger partial charge in [-0.1, -0.05) is 19.1 Å². The fourth-order valence-corrected chi connectivity index (χ4v) is 2.01. The topological polar surface area (TPSA) is 60.9 Å². The predicted octanol–water partition coefficient (Wildman–Crippen LogP) is 2.61. The Kier molecular flexibility index (Phi) is 4.00. The Hall–Kier alpha value is -2.10. The summed E-state index contributed by atoms with van der Waals surface area (Å²) >= 11 is 0. The van der Waals surface area contributed by atoms with Gasteiger partial charge in [-0.25, -0.2) is 4.98 Å². The number of nitrogen functional groups attached to an aromatic ring is 1. The van der Waals surface area contributed by atoms with Gasteiger partial charge in [0.05, 0.1) is 6.42 Å². The number of carbonyl (C=O) groups excluding carboxylic acids is 1. The molecule has 0 fully saturated rings. The number of hydrogen-bond acceptors (Lipinski definition) is 3. The molecule has 0 aliphatic rings.